The SMILES string of the molecule is NCCCCCCCCCCCCCCCCCCCCCCCCCCCCCN. The number of hydrogen-bond donors (Lipinski definition) is 2. The van der Waals surface area contributed by atoms with Crippen LogP contribution in [0.1, 0.15) is 173 Å². The molecule has 188 valence electrons. The minimum absolute atomic E-state index is 0.872. The fourth-order valence-corrected chi connectivity index (χ4v) is 4.71. The first-order valence-electron chi connectivity index (χ1n) is 14.8. The fraction of sp³-hybridized carbons (Fsp3) is 1.00. The summed E-state index contributed by atoms with van der Waals surface area (Å²) in [5, 5.41) is 0. The monoisotopic (exact) mass is 438 g/mol. The van der Waals surface area contributed by atoms with Crippen LogP contribution in [0.25, 0.3) is 0 Å². The molecule has 0 bridgehead atoms. The van der Waals surface area contributed by atoms with Crippen LogP contribution in [0, 0.1) is 0 Å². The molecule has 0 heterocycles. The Hall–Kier alpha value is -0.0800. The molecule has 2 nitrogen and oxygen atoms in total. The molecule has 0 fully saturated rings. The number of hydrogen-bond acceptors (Lipinski definition) is 2. The summed E-state index contributed by atoms with van der Waals surface area (Å²) < 4.78 is 0. The highest BCUT2D eigenvalue weighted by molar-refractivity contribution is 4.52. The predicted octanol–water partition coefficient (Wildman–Crippen LogP) is 9.44. The molecule has 0 radical (unpaired) electrons. The van der Waals surface area contributed by atoms with Gasteiger partial charge in [0.2, 0.25) is 0 Å². The van der Waals surface area contributed by atoms with Gasteiger partial charge >= 0.3 is 0 Å². The van der Waals surface area contributed by atoms with E-state index in [1.165, 1.54) is 173 Å². The molecule has 0 aromatic rings. The van der Waals surface area contributed by atoms with Crippen molar-refractivity contribution in [3.63, 3.8) is 0 Å². The lowest BCUT2D eigenvalue weighted by Gasteiger charge is -2.04. The molecule has 0 unspecified atom stereocenters. The van der Waals surface area contributed by atoms with Gasteiger partial charge in [-0.25, -0.2) is 0 Å². The average Bonchev–Trinajstić information content (AvgIpc) is 2.78. The molecular formula is C29H62N2. The van der Waals surface area contributed by atoms with E-state index < -0.39 is 0 Å². The van der Waals surface area contributed by atoms with Gasteiger partial charge in [0, 0.05) is 0 Å². The second-order valence-electron chi connectivity index (χ2n) is 10.1. The Kier molecular flexibility index (Phi) is 29.8. The van der Waals surface area contributed by atoms with Crippen LogP contribution >= 0.6 is 0 Å². The molecule has 0 aromatic heterocycles. The summed E-state index contributed by atoms with van der Waals surface area (Å²) >= 11 is 0. The lowest BCUT2D eigenvalue weighted by Crippen LogP contribution is -1.97. The molecule has 31 heavy (non-hydrogen) atoms. The van der Waals surface area contributed by atoms with E-state index in [1.54, 1.807) is 0 Å². The minimum atomic E-state index is 0.872. The van der Waals surface area contributed by atoms with E-state index in [4.69, 9.17) is 11.5 Å². The molecule has 0 aliphatic carbocycles. The summed E-state index contributed by atoms with van der Waals surface area (Å²) in [7, 11) is 0. The zero-order valence-corrected chi connectivity index (χ0v) is 21.7. The van der Waals surface area contributed by atoms with Gasteiger partial charge in [-0.1, -0.05) is 161 Å². The summed E-state index contributed by atoms with van der Waals surface area (Å²) in [6.45, 7) is 1.74. The van der Waals surface area contributed by atoms with E-state index in [2.05, 4.69) is 0 Å². The first kappa shape index (κ1) is 30.9. The Morgan fingerprint density at radius 3 is 0.355 bits per heavy atom. The average molecular weight is 439 g/mol. The molecule has 0 aliphatic heterocycles. The van der Waals surface area contributed by atoms with Gasteiger partial charge in [0.15, 0.2) is 0 Å². The van der Waals surface area contributed by atoms with E-state index in [0.29, 0.717) is 0 Å². The Bertz CT molecular complexity index is 264. The van der Waals surface area contributed by atoms with Gasteiger partial charge in [0.05, 0.1) is 0 Å². The van der Waals surface area contributed by atoms with Crippen molar-refractivity contribution in [1.82, 2.24) is 0 Å². The van der Waals surface area contributed by atoms with Gasteiger partial charge < -0.3 is 11.5 Å². The third kappa shape index (κ3) is 29.9. The van der Waals surface area contributed by atoms with Crippen LogP contribution in [-0.4, -0.2) is 13.1 Å². The van der Waals surface area contributed by atoms with E-state index in [1.807, 2.05) is 0 Å². The number of nitrogens with two attached hydrogens (primary N) is 2. The summed E-state index contributed by atoms with van der Waals surface area (Å²) in [6, 6.07) is 0. The van der Waals surface area contributed by atoms with Crippen LogP contribution in [0.15, 0.2) is 0 Å². The Morgan fingerprint density at radius 2 is 0.258 bits per heavy atom. The normalized spacial score (nSPS) is 11.4. The Morgan fingerprint density at radius 1 is 0.161 bits per heavy atom. The Balaban J connectivity index is 2.98. The van der Waals surface area contributed by atoms with Gasteiger partial charge in [-0.3, -0.25) is 0 Å². The molecule has 0 saturated heterocycles. The van der Waals surface area contributed by atoms with Crippen LogP contribution in [0.5, 0.6) is 0 Å². The van der Waals surface area contributed by atoms with Gasteiger partial charge in [0.1, 0.15) is 0 Å². The molecule has 0 aromatic carbocycles. The molecule has 0 aliphatic rings. The zero-order valence-electron chi connectivity index (χ0n) is 21.7. The van der Waals surface area contributed by atoms with Crippen LogP contribution in [0.2, 0.25) is 0 Å². The van der Waals surface area contributed by atoms with Crippen molar-refractivity contribution >= 4 is 0 Å². The molecule has 0 atom stereocenters. The van der Waals surface area contributed by atoms with Crippen LogP contribution < -0.4 is 11.5 Å². The summed E-state index contributed by atoms with van der Waals surface area (Å²) in [5.41, 5.74) is 11.1. The highest BCUT2D eigenvalue weighted by atomic mass is 14.5. The molecular weight excluding hydrogens is 376 g/mol. The maximum Gasteiger partial charge on any atom is -0.00773 e. The lowest BCUT2D eigenvalue weighted by molar-refractivity contribution is 0.514. The first-order chi connectivity index (χ1) is 15.4. The van der Waals surface area contributed by atoms with E-state index in [-0.39, 0.29) is 0 Å². The van der Waals surface area contributed by atoms with E-state index in [0.717, 1.165) is 13.1 Å². The fourth-order valence-electron chi connectivity index (χ4n) is 4.71. The van der Waals surface area contributed by atoms with Crippen molar-refractivity contribution in [3.05, 3.63) is 0 Å². The van der Waals surface area contributed by atoms with Crippen molar-refractivity contribution in [3.8, 4) is 0 Å². The number of rotatable bonds is 28. The second-order valence-corrected chi connectivity index (χ2v) is 10.1. The Labute approximate surface area is 198 Å². The molecule has 0 saturated carbocycles. The topological polar surface area (TPSA) is 52.0 Å². The third-order valence-corrected chi connectivity index (χ3v) is 6.91. The van der Waals surface area contributed by atoms with E-state index in [9.17, 15) is 0 Å². The van der Waals surface area contributed by atoms with Gasteiger partial charge in [-0.05, 0) is 25.9 Å². The third-order valence-electron chi connectivity index (χ3n) is 6.91. The standard InChI is InChI=1S/C29H62N2/c30-28-26-24-22-20-18-16-14-12-10-8-6-4-2-1-3-5-7-9-11-13-15-17-19-21-23-25-27-29-31/h1-31H2. The highest BCUT2D eigenvalue weighted by Crippen LogP contribution is 2.16. The zero-order chi connectivity index (χ0) is 22.5. The summed E-state index contributed by atoms with van der Waals surface area (Å²) in [4.78, 5) is 0. The molecule has 0 rings (SSSR count). The van der Waals surface area contributed by atoms with Crippen molar-refractivity contribution in [2.75, 3.05) is 13.1 Å². The summed E-state index contributed by atoms with van der Waals surface area (Å²) in [5.74, 6) is 0. The summed E-state index contributed by atoms with van der Waals surface area (Å²) in [6.07, 6.45) is 38.7. The molecule has 0 spiro atoms. The van der Waals surface area contributed by atoms with Crippen LogP contribution in [0.4, 0.5) is 0 Å². The van der Waals surface area contributed by atoms with Gasteiger partial charge in [-0.2, -0.15) is 0 Å². The highest BCUT2D eigenvalue weighted by Gasteiger charge is 1.96. The molecule has 2 heteroatoms. The van der Waals surface area contributed by atoms with Crippen molar-refractivity contribution in [1.29, 1.82) is 0 Å². The predicted molar refractivity (Wildman–Crippen MR) is 143 cm³/mol. The van der Waals surface area contributed by atoms with Crippen LogP contribution in [-0.2, 0) is 0 Å². The number of unbranched alkanes of at least 4 members (excludes halogenated alkanes) is 26. The van der Waals surface area contributed by atoms with Crippen LogP contribution in [0.3, 0.4) is 0 Å². The van der Waals surface area contributed by atoms with Gasteiger partial charge in [0.25, 0.3) is 0 Å². The first-order valence-corrected chi connectivity index (χ1v) is 14.8. The maximum atomic E-state index is 5.53. The molecule has 4 N–H and O–H groups in total. The minimum Gasteiger partial charge on any atom is -0.330 e. The lowest BCUT2D eigenvalue weighted by atomic mass is 10.0. The molecule has 0 amide bonds. The van der Waals surface area contributed by atoms with Crippen molar-refractivity contribution < 1.29 is 0 Å². The van der Waals surface area contributed by atoms with Gasteiger partial charge in [-0.15, -0.1) is 0 Å². The van der Waals surface area contributed by atoms with Crippen molar-refractivity contribution in [2.24, 2.45) is 11.5 Å². The van der Waals surface area contributed by atoms with E-state index >= 15 is 0 Å². The second kappa shape index (κ2) is 29.9. The van der Waals surface area contributed by atoms with Crippen molar-refractivity contribution in [2.45, 2.75) is 173 Å². The maximum absolute atomic E-state index is 5.53. The largest absolute Gasteiger partial charge is 0.330 e. The quantitative estimate of drug-likeness (QED) is 0.119. The smallest absolute Gasteiger partial charge is 0.00773 e.